The van der Waals surface area contributed by atoms with Gasteiger partial charge >= 0.3 is 0 Å². The van der Waals surface area contributed by atoms with Crippen molar-refractivity contribution in [1.82, 2.24) is 10.6 Å². The lowest BCUT2D eigenvalue weighted by Crippen LogP contribution is -2.48. The summed E-state index contributed by atoms with van der Waals surface area (Å²) in [7, 11) is 0. The topological polar surface area (TPSA) is 58.2 Å². The van der Waals surface area contributed by atoms with Crippen LogP contribution in [0.15, 0.2) is 0 Å². The van der Waals surface area contributed by atoms with Crippen molar-refractivity contribution in [3.05, 3.63) is 0 Å². The van der Waals surface area contributed by atoms with Crippen molar-refractivity contribution in [2.75, 3.05) is 0 Å². The van der Waals surface area contributed by atoms with Gasteiger partial charge in [-0.3, -0.25) is 9.59 Å². The molecule has 0 fully saturated rings. The first kappa shape index (κ1) is 13.3. The quantitative estimate of drug-likeness (QED) is 0.596. The monoisotopic (exact) mass is 218 g/mol. The van der Waals surface area contributed by atoms with Crippen LogP contribution in [0.3, 0.4) is 0 Å². The molecule has 0 saturated heterocycles. The lowest BCUT2D eigenvalue weighted by atomic mass is 10.2. The molecule has 5 heteroatoms. The highest BCUT2D eigenvalue weighted by Crippen LogP contribution is 1.93. The highest BCUT2D eigenvalue weighted by Gasteiger charge is 2.17. The highest BCUT2D eigenvalue weighted by atomic mass is 32.1. The van der Waals surface area contributed by atoms with Gasteiger partial charge in [0, 0.05) is 6.04 Å². The Kier molecular flexibility index (Phi) is 5.60. The molecule has 14 heavy (non-hydrogen) atoms. The van der Waals surface area contributed by atoms with E-state index in [2.05, 4.69) is 23.3 Å². The Hall–Kier alpha value is -0.710. The smallest absolute Gasteiger partial charge is 0.242 e. The molecule has 82 valence electrons. The van der Waals surface area contributed by atoms with Crippen LogP contribution in [-0.2, 0) is 9.59 Å². The number of carbonyl (C=O) groups excluding carboxylic acids is 2. The molecule has 2 amide bonds. The molecule has 2 atom stereocenters. The summed E-state index contributed by atoms with van der Waals surface area (Å²) in [5.41, 5.74) is 0. The Morgan fingerprint density at radius 1 is 1.00 bits per heavy atom. The van der Waals surface area contributed by atoms with Crippen molar-refractivity contribution in [2.24, 2.45) is 0 Å². The maximum Gasteiger partial charge on any atom is 0.242 e. The van der Waals surface area contributed by atoms with Gasteiger partial charge in [-0.1, -0.05) is 0 Å². The van der Waals surface area contributed by atoms with Gasteiger partial charge in [0.1, 0.15) is 6.04 Å². The number of hydrogen-bond acceptors (Lipinski definition) is 3. The molecular formula is C9H18N2O2S. The summed E-state index contributed by atoms with van der Waals surface area (Å²) in [4.78, 5) is 22.5. The largest absolute Gasteiger partial charge is 0.352 e. The second kappa shape index (κ2) is 5.90. The van der Waals surface area contributed by atoms with Crippen LogP contribution in [0, 0.1) is 0 Å². The highest BCUT2D eigenvalue weighted by molar-refractivity contribution is 7.81. The molecule has 0 aromatic rings. The maximum atomic E-state index is 11.4. The fourth-order valence-electron chi connectivity index (χ4n) is 0.809. The molecule has 4 nitrogen and oxygen atoms in total. The van der Waals surface area contributed by atoms with E-state index in [1.165, 1.54) is 0 Å². The van der Waals surface area contributed by atoms with E-state index in [1.54, 1.807) is 13.8 Å². The molecule has 2 N–H and O–H groups in total. The second-order valence-corrected chi connectivity index (χ2v) is 4.34. The maximum absolute atomic E-state index is 11.4. The van der Waals surface area contributed by atoms with E-state index in [-0.39, 0.29) is 17.9 Å². The fourth-order valence-corrected chi connectivity index (χ4v) is 0.884. The average molecular weight is 218 g/mol. The normalized spacial score (nSPS) is 14.7. The van der Waals surface area contributed by atoms with Gasteiger partial charge in [0.25, 0.3) is 0 Å². The first-order valence-electron chi connectivity index (χ1n) is 4.63. The van der Waals surface area contributed by atoms with Crippen molar-refractivity contribution >= 4 is 24.4 Å². The van der Waals surface area contributed by atoms with Gasteiger partial charge in [0.15, 0.2) is 0 Å². The van der Waals surface area contributed by atoms with Crippen LogP contribution in [0.2, 0.25) is 0 Å². The predicted molar refractivity (Wildman–Crippen MR) is 59.3 cm³/mol. The van der Waals surface area contributed by atoms with E-state index >= 15 is 0 Å². The summed E-state index contributed by atoms with van der Waals surface area (Å²) in [5, 5.41) is 4.87. The molecule has 0 saturated carbocycles. The molecule has 2 unspecified atom stereocenters. The van der Waals surface area contributed by atoms with Crippen molar-refractivity contribution in [1.29, 1.82) is 0 Å². The molecule has 0 aliphatic heterocycles. The summed E-state index contributed by atoms with van der Waals surface area (Å²) < 4.78 is 0. The molecule has 0 bridgehead atoms. The Morgan fingerprint density at radius 3 is 1.86 bits per heavy atom. The number of thiol groups is 1. The van der Waals surface area contributed by atoms with Gasteiger partial charge in [-0.15, -0.1) is 0 Å². The van der Waals surface area contributed by atoms with Gasteiger partial charge in [-0.25, -0.2) is 0 Å². The first-order chi connectivity index (χ1) is 6.34. The van der Waals surface area contributed by atoms with Crippen LogP contribution in [0.5, 0.6) is 0 Å². The van der Waals surface area contributed by atoms with Crippen LogP contribution in [0.1, 0.15) is 27.7 Å². The number of hydrogen-bond donors (Lipinski definition) is 3. The summed E-state index contributed by atoms with van der Waals surface area (Å²) >= 11 is 3.96. The predicted octanol–water partition coefficient (Wildman–Crippen LogP) is 0.334. The molecule has 0 aromatic heterocycles. The number of amides is 2. The lowest BCUT2D eigenvalue weighted by Gasteiger charge is -2.16. The minimum absolute atomic E-state index is 0.0790. The minimum Gasteiger partial charge on any atom is -0.352 e. The molecule has 0 radical (unpaired) electrons. The van der Waals surface area contributed by atoms with Gasteiger partial charge in [-0.05, 0) is 27.7 Å². The van der Waals surface area contributed by atoms with Crippen LogP contribution in [0.25, 0.3) is 0 Å². The van der Waals surface area contributed by atoms with Crippen LogP contribution < -0.4 is 10.6 Å². The molecule has 0 aromatic carbocycles. The molecular weight excluding hydrogens is 200 g/mol. The van der Waals surface area contributed by atoms with E-state index in [4.69, 9.17) is 0 Å². The van der Waals surface area contributed by atoms with Gasteiger partial charge in [-0.2, -0.15) is 12.6 Å². The summed E-state index contributed by atoms with van der Waals surface area (Å²) in [6, 6.07) is -0.435. The lowest BCUT2D eigenvalue weighted by molar-refractivity contribution is -0.128. The Labute approximate surface area is 90.2 Å². The van der Waals surface area contributed by atoms with Crippen molar-refractivity contribution in [3.63, 3.8) is 0 Å². The van der Waals surface area contributed by atoms with Crippen molar-refractivity contribution in [3.8, 4) is 0 Å². The van der Waals surface area contributed by atoms with Gasteiger partial charge in [0.05, 0.1) is 5.25 Å². The zero-order chi connectivity index (χ0) is 11.3. The van der Waals surface area contributed by atoms with Crippen molar-refractivity contribution in [2.45, 2.75) is 45.0 Å². The van der Waals surface area contributed by atoms with E-state index in [9.17, 15) is 9.59 Å². The van der Waals surface area contributed by atoms with E-state index in [0.29, 0.717) is 0 Å². The summed E-state index contributed by atoms with van der Waals surface area (Å²) in [6.07, 6.45) is 0. The average Bonchev–Trinajstić information content (AvgIpc) is 2.02. The Morgan fingerprint density at radius 2 is 1.50 bits per heavy atom. The van der Waals surface area contributed by atoms with Gasteiger partial charge in [0.2, 0.25) is 11.8 Å². The standard InChI is InChI=1S/C9H18N2O2S/c1-5(2)10-8(12)6(3)11-9(13)7(4)14/h5-7,14H,1-4H3,(H,10,12)(H,11,13). The van der Waals surface area contributed by atoms with Gasteiger partial charge < -0.3 is 10.6 Å². The third-order valence-corrected chi connectivity index (χ3v) is 1.80. The molecule has 0 rings (SSSR count). The Bertz CT molecular complexity index is 217. The summed E-state index contributed by atoms with van der Waals surface area (Å²) in [6.45, 7) is 7.04. The molecule has 0 heterocycles. The number of rotatable bonds is 4. The van der Waals surface area contributed by atoms with E-state index in [1.807, 2.05) is 13.8 Å². The molecule has 0 aliphatic rings. The van der Waals surface area contributed by atoms with Crippen LogP contribution >= 0.6 is 12.6 Å². The second-order valence-electron chi connectivity index (χ2n) is 3.57. The number of nitrogens with one attached hydrogen (secondary N) is 2. The number of carbonyl (C=O) groups is 2. The minimum atomic E-state index is -0.514. The van der Waals surface area contributed by atoms with Crippen LogP contribution in [0.4, 0.5) is 0 Å². The van der Waals surface area contributed by atoms with E-state index < -0.39 is 11.3 Å². The third-order valence-electron chi connectivity index (χ3n) is 1.56. The fraction of sp³-hybridized carbons (Fsp3) is 0.778. The SMILES string of the molecule is CC(C)NC(=O)C(C)NC(=O)C(C)S. The molecule has 0 spiro atoms. The summed E-state index contributed by atoms with van der Waals surface area (Å²) in [5.74, 6) is -0.415. The Balaban J connectivity index is 4.01. The zero-order valence-corrected chi connectivity index (χ0v) is 9.89. The first-order valence-corrected chi connectivity index (χ1v) is 5.15. The third kappa shape index (κ3) is 5.11. The van der Waals surface area contributed by atoms with Crippen molar-refractivity contribution < 1.29 is 9.59 Å². The zero-order valence-electron chi connectivity index (χ0n) is 9.00. The molecule has 0 aliphatic carbocycles. The van der Waals surface area contributed by atoms with E-state index in [0.717, 1.165) is 0 Å². The van der Waals surface area contributed by atoms with Crippen LogP contribution in [-0.4, -0.2) is 29.1 Å².